The Hall–Kier alpha value is -1.88. The minimum absolute atomic E-state index is 0.539. The Labute approximate surface area is 95.1 Å². The van der Waals surface area contributed by atoms with Crippen LogP contribution in [0.15, 0.2) is 29.8 Å². The van der Waals surface area contributed by atoms with E-state index in [1.807, 2.05) is 28.8 Å². The summed E-state index contributed by atoms with van der Waals surface area (Å²) in [6.07, 6.45) is 0. The van der Waals surface area contributed by atoms with Gasteiger partial charge in [0.2, 0.25) is 4.96 Å². The first kappa shape index (κ1) is 8.29. The van der Waals surface area contributed by atoms with Gasteiger partial charge in [-0.2, -0.15) is 5.10 Å². The van der Waals surface area contributed by atoms with Gasteiger partial charge in [-0.05, 0) is 12.1 Å². The van der Waals surface area contributed by atoms with Crippen molar-refractivity contribution in [3.8, 4) is 17.0 Å². The van der Waals surface area contributed by atoms with Crippen molar-refractivity contribution in [2.75, 3.05) is 0 Å². The van der Waals surface area contributed by atoms with Crippen molar-refractivity contribution in [2.45, 2.75) is 6.61 Å². The van der Waals surface area contributed by atoms with Gasteiger partial charge in [-0.1, -0.05) is 23.5 Å². The van der Waals surface area contributed by atoms with Gasteiger partial charge in [-0.3, -0.25) is 0 Å². The van der Waals surface area contributed by atoms with Crippen LogP contribution in [-0.2, 0) is 6.61 Å². The van der Waals surface area contributed by atoms with Crippen LogP contribution in [0, 0.1) is 0 Å². The van der Waals surface area contributed by atoms with Crippen LogP contribution in [0.5, 0.6) is 5.75 Å². The molecule has 0 bridgehead atoms. The maximum Gasteiger partial charge on any atom is 0.212 e. The second-order valence-corrected chi connectivity index (χ2v) is 4.44. The average molecular weight is 229 g/mol. The van der Waals surface area contributed by atoms with Crippen molar-refractivity contribution >= 4 is 16.3 Å². The molecule has 0 saturated carbocycles. The number of para-hydroxylation sites is 1. The van der Waals surface area contributed by atoms with E-state index in [9.17, 15) is 0 Å². The third-order valence-corrected chi connectivity index (χ3v) is 3.42. The normalized spacial score (nSPS) is 13.2. The van der Waals surface area contributed by atoms with E-state index in [1.165, 1.54) is 0 Å². The van der Waals surface area contributed by atoms with Crippen LogP contribution in [0.1, 0.15) is 5.69 Å². The van der Waals surface area contributed by atoms with Crippen LogP contribution in [0.2, 0.25) is 0 Å². The molecule has 1 aliphatic rings. The quantitative estimate of drug-likeness (QED) is 0.594. The molecular weight excluding hydrogens is 222 g/mol. The summed E-state index contributed by atoms with van der Waals surface area (Å²) in [7, 11) is 0. The van der Waals surface area contributed by atoms with Gasteiger partial charge < -0.3 is 4.74 Å². The fourth-order valence-electron chi connectivity index (χ4n) is 2.02. The number of hydrogen-bond donors (Lipinski definition) is 0. The predicted molar refractivity (Wildman–Crippen MR) is 60.6 cm³/mol. The zero-order valence-electron chi connectivity index (χ0n) is 8.25. The first-order valence-corrected chi connectivity index (χ1v) is 5.85. The van der Waals surface area contributed by atoms with Crippen LogP contribution in [0.4, 0.5) is 0 Å². The van der Waals surface area contributed by atoms with Crippen molar-refractivity contribution < 1.29 is 4.74 Å². The predicted octanol–water partition coefficient (Wildman–Crippen LogP) is 2.35. The zero-order chi connectivity index (χ0) is 10.5. The lowest BCUT2D eigenvalue weighted by Crippen LogP contribution is -2.07. The summed E-state index contributed by atoms with van der Waals surface area (Å²) >= 11 is 1.54. The summed E-state index contributed by atoms with van der Waals surface area (Å²) in [5, 5.41) is 4.26. The largest absolute Gasteiger partial charge is 0.486 e. The first-order valence-electron chi connectivity index (χ1n) is 4.97. The highest BCUT2D eigenvalue weighted by molar-refractivity contribution is 7.14. The molecule has 0 aliphatic carbocycles. The Bertz CT molecular complexity index is 685. The number of aromatic nitrogens is 3. The van der Waals surface area contributed by atoms with E-state index in [1.54, 1.807) is 16.8 Å². The summed E-state index contributed by atoms with van der Waals surface area (Å²) in [4.78, 5) is 5.52. The fourth-order valence-corrected chi connectivity index (χ4v) is 2.65. The van der Waals surface area contributed by atoms with E-state index < -0.39 is 0 Å². The Morgan fingerprint density at radius 2 is 2.25 bits per heavy atom. The highest BCUT2D eigenvalue weighted by Gasteiger charge is 2.23. The van der Waals surface area contributed by atoms with Crippen LogP contribution in [0.25, 0.3) is 16.2 Å². The van der Waals surface area contributed by atoms with E-state index in [2.05, 4.69) is 10.1 Å². The molecule has 2 aromatic heterocycles. The van der Waals surface area contributed by atoms with Crippen molar-refractivity contribution in [1.29, 1.82) is 0 Å². The molecule has 0 N–H and O–H groups in total. The lowest BCUT2D eigenvalue weighted by atomic mass is 10.1. The Morgan fingerprint density at radius 1 is 1.31 bits per heavy atom. The van der Waals surface area contributed by atoms with Gasteiger partial charge in [0.15, 0.2) is 0 Å². The molecule has 0 atom stereocenters. The van der Waals surface area contributed by atoms with Crippen molar-refractivity contribution in [3.05, 3.63) is 35.5 Å². The van der Waals surface area contributed by atoms with Crippen LogP contribution in [0.3, 0.4) is 0 Å². The van der Waals surface area contributed by atoms with Crippen LogP contribution in [-0.4, -0.2) is 14.6 Å². The standard InChI is InChI=1S/C11H7N3OS/c1-2-4-9-7(3-1)10-8(5-15-9)14-11(13-10)16-6-12-14/h1-4,6H,5H2. The Kier molecular flexibility index (Phi) is 1.46. The summed E-state index contributed by atoms with van der Waals surface area (Å²) in [6.45, 7) is 0.539. The molecule has 0 saturated heterocycles. The zero-order valence-corrected chi connectivity index (χ0v) is 9.07. The SMILES string of the molecule is c1ccc2c(c1)OCc1c-2nc2scnn12. The van der Waals surface area contributed by atoms with Gasteiger partial charge in [-0.15, -0.1) is 0 Å². The third kappa shape index (κ3) is 0.931. The van der Waals surface area contributed by atoms with E-state index in [-0.39, 0.29) is 0 Å². The average Bonchev–Trinajstić information content (AvgIpc) is 2.88. The molecular formula is C11H7N3OS. The maximum atomic E-state index is 5.69. The third-order valence-electron chi connectivity index (χ3n) is 2.74. The molecule has 0 unspecified atom stereocenters. The number of rotatable bonds is 0. The van der Waals surface area contributed by atoms with Crippen LogP contribution < -0.4 is 4.74 Å². The van der Waals surface area contributed by atoms with E-state index in [0.29, 0.717) is 6.61 Å². The van der Waals surface area contributed by atoms with E-state index in [4.69, 9.17) is 4.74 Å². The van der Waals surface area contributed by atoms with Gasteiger partial charge in [0.05, 0.1) is 0 Å². The number of imidazole rings is 1. The van der Waals surface area contributed by atoms with Gasteiger partial charge in [-0.25, -0.2) is 9.50 Å². The highest BCUT2D eigenvalue weighted by Crippen LogP contribution is 2.37. The van der Waals surface area contributed by atoms with Gasteiger partial charge in [0.1, 0.15) is 29.3 Å². The molecule has 3 heterocycles. The minimum atomic E-state index is 0.539. The Balaban J connectivity index is 2.10. The fraction of sp³-hybridized carbons (Fsp3) is 0.0909. The monoisotopic (exact) mass is 229 g/mol. The topological polar surface area (TPSA) is 39.4 Å². The van der Waals surface area contributed by atoms with Crippen molar-refractivity contribution in [2.24, 2.45) is 0 Å². The smallest absolute Gasteiger partial charge is 0.212 e. The molecule has 1 aliphatic heterocycles. The second kappa shape index (κ2) is 2.82. The molecule has 78 valence electrons. The minimum Gasteiger partial charge on any atom is -0.486 e. The molecule has 0 amide bonds. The maximum absolute atomic E-state index is 5.69. The number of hydrogen-bond acceptors (Lipinski definition) is 4. The molecule has 0 radical (unpaired) electrons. The van der Waals surface area contributed by atoms with E-state index in [0.717, 1.165) is 27.7 Å². The molecule has 3 aromatic rings. The number of fused-ring (bicyclic) bond motifs is 5. The summed E-state index contributed by atoms with van der Waals surface area (Å²) < 4.78 is 7.55. The lowest BCUT2D eigenvalue weighted by Gasteiger charge is -2.15. The number of benzene rings is 1. The van der Waals surface area contributed by atoms with Crippen molar-refractivity contribution in [1.82, 2.24) is 14.6 Å². The van der Waals surface area contributed by atoms with Gasteiger partial charge >= 0.3 is 0 Å². The molecule has 5 heteroatoms. The van der Waals surface area contributed by atoms with Gasteiger partial charge in [0, 0.05) is 5.56 Å². The lowest BCUT2D eigenvalue weighted by molar-refractivity contribution is 0.294. The van der Waals surface area contributed by atoms with E-state index >= 15 is 0 Å². The highest BCUT2D eigenvalue weighted by atomic mass is 32.1. The Morgan fingerprint density at radius 3 is 3.25 bits per heavy atom. The van der Waals surface area contributed by atoms with Crippen molar-refractivity contribution in [3.63, 3.8) is 0 Å². The molecule has 0 spiro atoms. The molecule has 4 nitrogen and oxygen atoms in total. The molecule has 1 aromatic carbocycles. The summed E-state index contributed by atoms with van der Waals surface area (Å²) in [5.41, 5.74) is 4.89. The van der Waals surface area contributed by atoms with Gasteiger partial charge in [0.25, 0.3) is 0 Å². The molecule has 4 rings (SSSR count). The van der Waals surface area contributed by atoms with Crippen LogP contribution >= 0.6 is 11.3 Å². The summed E-state index contributed by atoms with van der Waals surface area (Å²) in [6, 6.07) is 7.97. The number of ether oxygens (including phenoxy) is 1. The summed E-state index contributed by atoms with van der Waals surface area (Å²) in [5.74, 6) is 0.903. The molecule has 16 heavy (non-hydrogen) atoms. The second-order valence-electron chi connectivity index (χ2n) is 3.63. The number of nitrogens with zero attached hydrogens (tertiary/aromatic N) is 3. The first-order chi connectivity index (χ1) is 7.93. The molecule has 0 fully saturated rings.